The highest BCUT2D eigenvalue weighted by Crippen LogP contribution is 2.25. The number of carbonyl (C=O) groups excluding carboxylic acids is 4. The third kappa shape index (κ3) is 1.65. The van der Waals surface area contributed by atoms with Gasteiger partial charge < -0.3 is 4.98 Å². The van der Waals surface area contributed by atoms with Gasteiger partial charge in [0.15, 0.2) is 0 Å². The first-order chi connectivity index (χ1) is 9.49. The monoisotopic (exact) mass is 275 g/mol. The molecule has 1 atom stereocenters. The van der Waals surface area contributed by atoms with E-state index in [1.54, 1.807) is 0 Å². The molecule has 4 amide bonds. The van der Waals surface area contributed by atoms with Crippen molar-refractivity contribution in [1.29, 1.82) is 0 Å². The Hall–Kier alpha value is -2.77. The van der Waals surface area contributed by atoms with E-state index < -0.39 is 35.2 Å². The molecule has 2 N–H and O–H groups in total. The van der Waals surface area contributed by atoms with Gasteiger partial charge in [-0.05, 0) is 6.42 Å². The highest BCUT2D eigenvalue weighted by atomic mass is 16.2. The molecule has 2 aliphatic rings. The second-order valence-electron chi connectivity index (χ2n) is 4.57. The van der Waals surface area contributed by atoms with Gasteiger partial charge in [0, 0.05) is 18.7 Å². The molecule has 0 saturated carbocycles. The number of pyridine rings is 1. The Labute approximate surface area is 111 Å². The van der Waals surface area contributed by atoms with Crippen LogP contribution in [0.4, 0.5) is 0 Å². The number of aromatic amines is 1. The lowest BCUT2D eigenvalue weighted by atomic mass is 10.0. The van der Waals surface area contributed by atoms with Crippen LogP contribution in [-0.4, -0.2) is 39.6 Å². The standard InChI is InChI=1S/C12H9N3O5/c16-8-2-1-7(10(18)14-8)15-11(19)5-3-9(17)13-4-6(5)12(15)20/h3-4,7H,1-2H2,(H,13,17)(H,14,16,18). The number of aromatic nitrogens is 1. The summed E-state index contributed by atoms with van der Waals surface area (Å²) >= 11 is 0. The fraction of sp³-hybridized carbons (Fsp3) is 0.250. The zero-order valence-corrected chi connectivity index (χ0v) is 10.1. The lowest BCUT2D eigenvalue weighted by Crippen LogP contribution is -2.54. The summed E-state index contributed by atoms with van der Waals surface area (Å²) in [5.41, 5.74) is -0.474. The molecule has 1 aromatic rings. The zero-order valence-electron chi connectivity index (χ0n) is 10.1. The molecule has 1 aromatic heterocycles. The van der Waals surface area contributed by atoms with E-state index >= 15 is 0 Å². The van der Waals surface area contributed by atoms with Gasteiger partial charge in [-0.15, -0.1) is 0 Å². The van der Waals surface area contributed by atoms with Crippen LogP contribution in [0.1, 0.15) is 33.6 Å². The summed E-state index contributed by atoms with van der Waals surface area (Å²) in [4.78, 5) is 61.5. The zero-order chi connectivity index (χ0) is 14.4. The topological polar surface area (TPSA) is 116 Å². The molecule has 2 aliphatic heterocycles. The van der Waals surface area contributed by atoms with Crippen LogP contribution in [-0.2, 0) is 9.59 Å². The molecule has 3 heterocycles. The Morgan fingerprint density at radius 3 is 2.45 bits per heavy atom. The fourth-order valence-corrected chi connectivity index (χ4v) is 2.39. The number of carbonyl (C=O) groups is 4. The summed E-state index contributed by atoms with van der Waals surface area (Å²) in [7, 11) is 0. The van der Waals surface area contributed by atoms with Crippen molar-refractivity contribution >= 4 is 23.6 Å². The molecule has 0 bridgehead atoms. The van der Waals surface area contributed by atoms with E-state index in [9.17, 15) is 24.0 Å². The average Bonchev–Trinajstić information content (AvgIpc) is 2.63. The predicted molar refractivity (Wildman–Crippen MR) is 63.7 cm³/mol. The van der Waals surface area contributed by atoms with Gasteiger partial charge in [0.05, 0.1) is 11.1 Å². The molecule has 8 nitrogen and oxygen atoms in total. The minimum Gasteiger partial charge on any atom is -0.328 e. The van der Waals surface area contributed by atoms with Crippen LogP contribution < -0.4 is 10.9 Å². The highest BCUT2D eigenvalue weighted by Gasteiger charge is 2.44. The molecular formula is C12H9N3O5. The first-order valence-electron chi connectivity index (χ1n) is 5.93. The van der Waals surface area contributed by atoms with Gasteiger partial charge in [0.1, 0.15) is 6.04 Å². The lowest BCUT2D eigenvalue weighted by molar-refractivity contribution is -0.136. The van der Waals surface area contributed by atoms with Crippen molar-refractivity contribution < 1.29 is 19.2 Å². The number of imide groups is 2. The van der Waals surface area contributed by atoms with E-state index in [0.29, 0.717) is 0 Å². The van der Waals surface area contributed by atoms with Crippen LogP contribution in [0, 0.1) is 0 Å². The second kappa shape index (κ2) is 4.12. The molecule has 1 unspecified atom stereocenters. The second-order valence-corrected chi connectivity index (χ2v) is 4.57. The molecule has 0 aromatic carbocycles. The molecule has 0 aliphatic carbocycles. The Kier molecular flexibility index (Phi) is 2.53. The van der Waals surface area contributed by atoms with E-state index in [2.05, 4.69) is 10.3 Å². The number of nitrogens with one attached hydrogen (secondary N) is 2. The largest absolute Gasteiger partial charge is 0.328 e. The minimum atomic E-state index is -1.02. The highest BCUT2D eigenvalue weighted by molar-refractivity contribution is 6.23. The molecular weight excluding hydrogens is 266 g/mol. The van der Waals surface area contributed by atoms with Crippen molar-refractivity contribution in [1.82, 2.24) is 15.2 Å². The predicted octanol–water partition coefficient (Wildman–Crippen LogP) is -1.22. The van der Waals surface area contributed by atoms with Crippen molar-refractivity contribution in [3.05, 3.63) is 33.7 Å². The Balaban J connectivity index is 2.00. The van der Waals surface area contributed by atoms with Gasteiger partial charge in [0.2, 0.25) is 17.4 Å². The first-order valence-corrected chi connectivity index (χ1v) is 5.93. The number of fused-ring (bicyclic) bond motifs is 1. The summed E-state index contributed by atoms with van der Waals surface area (Å²) in [5, 5.41) is 2.09. The molecule has 102 valence electrons. The number of hydrogen-bond acceptors (Lipinski definition) is 5. The van der Waals surface area contributed by atoms with Crippen LogP contribution in [0.5, 0.6) is 0 Å². The molecule has 0 spiro atoms. The summed E-state index contributed by atoms with van der Waals surface area (Å²) in [5.74, 6) is -2.44. The normalized spacial score (nSPS) is 22.0. The minimum absolute atomic E-state index is 0.0246. The maximum atomic E-state index is 12.2. The van der Waals surface area contributed by atoms with Gasteiger partial charge in [-0.1, -0.05) is 0 Å². The number of piperidine rings is 1. The van der Waals surface area contributed by atoms with Gasteiger partial charge >= 0.3 is 0 Å². The van der Waals surface area contributed by atoms with Gasteiger partial charge in [-0.2, -0.15) is 0 Å². The van der Waals surface area contributed by atoms with E-state index in [0.717, 1.165) is 17.2 Å². The molecule has 1 saturated heterocycles. The number of rotatable bonds is 1. The molecule has 3 rings (SSSR count). The van der Waals surface area contributed by atoms with Gasteiger partial charge in [0.25, 0.3) is 11.8 Å². The van der Waals surface area contributed by atoms with Gasteiger partial charge in [-0.3, -0.25) is 34.2 Å². The SMILES string of the molecule is O=C1CCC(N2C(=O)c3c[nH]c(=O)cc3C2=O)C(=O)N1. The average molecular weight is 275 g/mol. The maximum absolute atomic E-state index is 12.2. The van der Waals surface area contributed by atoms with Crippen LogP contribution in [0.25, 0.3) is 0 Å². The summed E-state index contributed by atoms with van der Waals surface area (Å²) in [6.45, 7) is 0. The number of nitrogens with zero attached hydrogens (tertiary/aromatic N) is 1. The Morgan fingerprint density at radius 2 is 1.75 bits per heavy atom. The van der Waals surface area contributed by atoms with E-state index in [1.165, 1.54) is 0 Å². The third-order valence-corrected chi connectivity index (χ3v) is 3.34. The summed E-state index contributed by atoms with van der Waals surface area (Å²) < 4.78 is 0. The van der Waals surface area contributed by atoms with Crippen molar-refractivity contribution in [3.8, 4) is 0 Å². The molecule has 1 fully saturated rings. The van der Waals surface area contributed by atoms with E-state index in [4.69, 9.17) is 0 Å². The third-order valence-electron chi connectivity index (χ3n) is 3.34. The summed E-state index contributed by atoms with van der Waals surface area (Å²) in [6.07, 6.45) is 1.30. The number of H-pyrrole nitrogens is 1. The van der Waals surface area contributed by atoms with Crippen molar-refractivity contribution in [2.45, 2.75) is 18.9 Å². The van der Waals surface area contributed by atoms with E-state index in [-0.39, 0.29) is 24.0 Å². The van der Waals surface area contributed by atoms with Crippen LogP contribution in [0.3, 0.4) is 0 Å². The molecule has 20 heavy (non-hydrogen) atoms. The Bertz CT molecular complexity index is 720. The fourth-order valence-electron chi connectivity index (χ4n) is 2.39. The van der Waals surface area contributed by atoms with Crippen molar-refractivity contribution in [2.75, 3.05) is 0 Å². The number of hydrogen-bond donors (Lipinski definition) is 2. The van der Waals surface area contributed by atoms with Crippen LogP contribution >= 0.6 is 0 Å². The first kappa shape index (κ1) is 12.3. The molecule has 0 radical (unpaired) electrons. The van der Waals surface area contributed by atoms with E-state index in [1.807, 2.05) is 0 Å². The van der Waals surface area contributed by atoms with Crippen LogP contribution in [0.2, 0.25) is 0 Å². The summed E-state index contributed by atoms with van der Waals surface area (Å²) in [6, 6.07) is 0.0109. The van der Waals surface area contributed by atoms with Crippen molar-refractivity contribution in [2.24, 2.45) is 0 Å². The Morgan fingerprint density at radius 1 is 1.05 bits per heavy atom. The lowest BCUT2D eigenvalue weighted by Gasteiger charge is -2.27. The number of amides is 4. The quantitative estimate of drug-likeness (QED) is 0.623. The van der Waals surface area contributed by atoms with Crippen molar-refractivity contribution in [3.63, 3.8) is 0 Å². The van der Waals surface area contributed by atoms with Crippen LogP contribution in [0.15, 0.2) is 17.1 Å². The molecule has 8 heteroatoms. The maximum Gasteiger partial charge on any atom is 0.263 e. The van der Waals surface area contributed by atoms with Gasteiger partial charge in [-0.25, -0.2) is 0 Å². The smallest absolute Gasteiger partial charge is 0.263 e.